The summed E-state index contributed by atoms with van der Waals surface area (Å²) in [6, 6.07) is 5.76. The van der Waals surface area contributed by atoms with E-state index in [9.17, 15) is 14.4 Å². The van der Waals surface area contributed by atoms with Crippen molar-refractivity contribution >= 4 is 36.1 Å². The van der Waals surface area contributed by atoms with Crippen LogP contribution in [0.25, 0.3) is 0 Å². The Kier molecular flexibility index (Phi) is 11.2. The highest BCUT2D eigenvalue weighted by Gasteiger charge is 2.24. The van der Waals surface area contributed by atoms with Crippen LogP contribution in [0.5, 0.6) is 0 Å². The lowest BCUT2D eigenvalue weighted by molar-refractivity contribution is -0.136. The van der Waals surface area contributed by atoms with Crippen LogP contribution in [-0.2, 0) is 20.7 Å². The number of hydrogen-bond acceptors (Lipinski definition) is 5. The van der Waals surface area contributed by atoms with Gasteiger partial charge in [-0.1, -0.05) is 12.1 Å². The summed E-state index contributed by atoms with van der Waals surface area (Å²) in [4.78, 5) is 35.3. The number of carboxylic acids is 1. The topological polar surface area (TPSA) is 131 Å². The number of ether oxygens (including phenoxy) is 1. The molecule has 9 heteroatoms. The highest BCUT2D eigenvalue weighted by atomic mass is 35.5. The molecule has 0 aliphatic heterocycles. The smallest absolute Gasteiger partial charge is 0.408 e. The fourth-order valence-electron chi connectivity index (χ4n) is 2.32. The summed E-state index contributed by atoms with van der Waals surface area (Å²) in [6.45, 7) is 5.74. The minimum Gasteiger partial charge on any atom is -0.481 e. The molecule has 2 amide bonds. The maximum absolute atomic E-state index is 12.6. The molecule has 8 nitrogen and oxygen atoms in total. The molecular weight excluding hydrogens is 386 g/mol. The number of nitrogens with two attached hydrogens (primary N) is 1. The van der Waals surface area contributed by atoms with Crippen LogP contribution in [0.15, 0.2) is 24.3 Å². The first-order valence-electron chi connectivity index (χ1n) is 8.92. The van der Waals surface area contributed by atoms with E-state index in [1.807, 2.05) is 0 Å². The number of benzene rings is 1. The van der Waals surface area contributed by atoms with Crippen LogP contribution in [0.1, 0.15) is 45.6 Å². The molecule has 0 saturated carbocycles. The molecule has 1 aromatic rings. The number of anilines is 1. The maximum atomic E-state index is 12.6. The lowest BCUT2D eigenvalue weighted by Crippen LogP contribution is -2.45. The molecule has 0 aliphatic carbocycles. The molecule has 0 bridgehead atoms. The average Bonchev–Trinajstić information content (AvgIpc) is 2.53. The second kappa shape index (κ2) is 12.2. The Morgan fingerprint density at radius 2 is 1.75 bits per heavy atom. The lowest BCUT2D eigenvalue weighted by atomic mass is 10.1. The molecule has 0 saturated heterocycles. The standard InChI is InChI=1S/C19H29N3O5.ClH/c1-19(2,3)27-18(26)22-15(6-4-5-11-20)17(25)21-14-9-7-13(8-10-14)12-16(23)24;/h7-10,15H,4-6,11-12,20H2,1-3H3,(H,21,25)(H,22,26)(H,23,24);1H. The van der Waals surface area contributed by atoms with Crippen LogP contribution >= 0.6 is 12.4 Å². The highest BCUT2D eigenvalue weighted by molar-refractivity contribution is 5.96. The lowest BCUT2D eigenvalue weighted by Gasteiger charge is -2.23. The third kappa shape index (κ3) is 10.7. The van der Waals surface area contributed by atoms with Crippen molar-refractivity contribution in [3.05, 3.63) is 29.8 Å². The zero-order valence-corrected chi connectivity index (χ0v) is 17.3. The summed E-state index contributed by atoms with van der Waals surface area (Å²) in [5.41, 5.74) is 5.98. The molecule has 28 heavy (non-hydrogen) atoms. The van der Waals surface area contributed by atoms with Crippen LogP contribution in [-0.4, -0.2) is 41.3 Å². The average molecular weight is 416 g/mol. The quantitative estimate of drug-likeness (QED) is 0.458. The van der Waals surface area contributed by atoms with Gasteiger partial charge in [0.15, 0.2) is 0 Å². The minimum absolute atomic E-state index is 0. The molecule has 0 heterocycles. The molecule has 0 spiro atoms. The number of unbranched alkanes of at least 4 members (excludes halogenated alkanes) is 1. The summed E-state index contributed by atoms with van der Waals surface area (Å²) >= 11 is 0. The molecule has 5 N–H and O–H groups in total. The molecular formula is C19H30ClN3O5. The SMILES string of the molecule is CC(C)(C)OC(=O)NC(CCCCN)C(=O)Nc1ccc(CC(=O)O)cc1.Cl. The van der Waals surface area contributed by atoms with Crippen molar-refractivity contribution in [1.29, 1.82) is 0 Å². The molecule has 1 aromatic carbocycles. The van der Waals surface area contributed by atoms with Gasteiger partial charge < -0.3 is 26.2 Å². The Labute approximate surface area is 171 Å². The first-order chi connectivity index (χ1) is 12.6. The van der Waals surface area contributed by atoms with E-state index in [2.05, 4.69) is 10.6 Å². The Balaban J connectivity index is 0.00000729. The number of carboxylic acid groups (broad SMARTS) is 1. The van der Waals surface area contributed by atoms with Crippen molar-refractivity contribution in [2.45, 2.75) is 58.1 Å². The van der Waals surface area contributed by atoms with Crippen LogP contribution in [0.4, 0.5) is 10.5 Å². The van der Waals surface area contributed by atoms with Crippen molar-refractivity contribution in [3.63, 3.8) is 0 Å². The summed E-state index contributed by atoms with van der Waals surface area (Å²) < 4.78 is 5.22. The molecule has 0 aromatic heterocycles. The Morgan fingerprint density at radius 3 is 2.25 bits per heavy atom. The Hall–Kier alpha value is -2.32. The van der Waals surface area contributed by atoms with Crippen LogP contribution in [0.2, 0.25) is 0 Å². The third-order valence-electron chi connectivity index (χ3n) is 3.53. The molecule has 0 aliphatic rings. The third-order valence-corrected chi connectivity index (χ3v) is 3.53. The van der Waals surface area contributed by atoms with E-state index in [1.165, 1.54) is 0 Å². The van der Waals surface area contributed by atoms with Gasteiger partial charge in [0.2, 0.25) is 5.91 Å². The normalized spacial score (nSPS) is 11.7. The van der Waals surface area contributed by atoms with Crippen molar-refractivity contribution < 1.29 is 24.2 Å². The number of carbonyl (C=O) groups is 3. The van der Waals surface area contributed by atoms with Crippen molar-refractivity contribution in [3.8, 4) is 0 Å². The van der Waals surface area contributed by atoms with Gasteiger partial charge in [-0.05, 0) is 64.3 Å². The van der Waals surface area contributed by atoms with Gasteiger partial charge in [0.1, 0.15) is 11.6 Å². The molecule has 1 rings (SSSR count). The van der Waals surface area contributed by atoms with E-state index in [0.717, 1.165) is 6.42 Å². The number of carbonyl (C=O) groups excluding carboxylic acids is 2. The number of nitrogens with one attached hydrogen (secondary N) is 2. The highest BCUT2D eigenvalue weighted by Crippen LogP contribution is 2.13. The molecule has 1 atom stereocenters. The Bertz CT molecular complexity index is 644. The van der Waals surface area contributed by atoms with Gasteiger partial charge in [0.05, 0.1) is 6.42 Å². The van der Waals surface area contributed by atoms with Gasteiger partial charge in [-0.3, -0.25) is 9.59 Å². The maximum Gasteiger partial charge on any atom is 0.408 e. The summed E-state index contributed by atoms with van der Waals surface area (Å²) in [5, 5.41) is 14.1. The van der Waals surface area contributed by atoms with E-state index in [-0.39, 0.29) is 24.7 Å². The first kappa shape index (κ1) is 25.7. The van der Waals surface area contributed by atoms with E-state index >= 15 is 0 Å². The fraction of sp³-hybridized carbons (Fsp3) is 0.526. The largest absolute Gasteiger partial charge is 0.481 e. The zero-order chi connectivity index (χ0) is 20.4. The monoisotopic (exact) mass is 415 g/mol. The number of amides is 2. The number of halogens is 1. The fourth-order valence-corrected chi connectivity index (χ4v) is 2.32. The molecule has 1 unspecified atom stereocenters. The predicted octanol–water partition coefficient (Wildman–Crippen LogP) is 2.70. The zero-order valence-electron chi connectivity index (χ0n) is 16.5. The van der Waals surface area contributed by atoms with Gasteiger partial charge in [0, 0.05) is 5.69 Å². The van der Waals surface area contributed by atoms with E-state index in [0.29, 0.717) is 30.6 Å². The van der Waals surface area contributed by atoms with Crippen LogP contribution in [0, 0.1) is 0 Å². The molecule has 0 fully saturated rings. The van der Waals surface area contributed by atoms with Crippen molar-refractivity contribution in [1.82, 2.24) is 5.32 Å². The minimum atomic E-state index is -0.923. The van der Waals surface area contributed by atoms with Crippen molar-refractivity contribution in [2.24, 2.45) is 5.73 Å². The van der Waals surface area contributed by atoms with Crippen LogP contribution < -0.4 is 16.4 Å². The van der Waals surface area contributed by atoms with Gasteiger partial charge in [-0.25, -0.2) is 4.79 Å². The molecule has 158 valence electrons. The van der Waals surface area contributed by atoms with Gasteiger partial charge in [-0.2, -0.15) is 0 Å². The number of alkyl carbamates (subject to hydrolysis) is 1. The van der Waals surface area contributed by atoms with Crippen molar-refractivity contribution in [2.75, 3.05) is 11.9 Å². The number of hydrogen-bond donors (Lipinski definition) is 4. The van der Waals surface area contributed by atoms with E-state index in [4.69, 9.17) is 15.6 Å². The molecule has 0 radical (unpaired) electrons. The number of aliphatic carboxylic acids is 1. The second-order valence-corrected chi connectivity index (χ2v) is 7.24. The van der Waals surface area contributed by atoms with Crippen LogP contribution in [0.3, 0.4) is 0 Å². The van der Waals surface area contributed by atoms with Gasteiger partial charge in [0.25, 0.3) is 0 Å². The summed E-state index contributed by atoms with van der Waals surface area (Å²) in [7, 11) is 0. The predicted molar refractivity (Wildman–Crippen MR) is 110 cm³/mol. The summed E-state index contributed by atoms with van der Waals surface area (Å²) in [6.07, 6.45) is 1.10. The van der Waals surface area contributed by atoms with Gasteiger partial charge >= 0.3 is 12.1 Å². The number of rotatable bonds is 9. The second-order valence-electron chi connectivity index (χ2n) is 7.24. The summed E-state index contributed by atoms with van der Waals surface area (Å²) in [5.74, 6) is -1.29. The Morgan fingerprint density at radius 1 is 1.14 bits per heavy atom. The van der Waals surface area contributed by atoms with Gasteiger partial charge in [-0.15, -0.1) is 12.4 Å². The van der Waals surface area contributed by atoms with E-state index in [1.54, 1.807) is 45.0 Å². The first-order valence-corrected chi connectivity index (χ1v) is 8.92. The van der Waals surface area contributed by atoms with E-state index < -0.39 is 23.7 Å².